The van der Waals surface area contributed by atoms with Crippen molar-refractivity contribution in [2.24, 2.45) is 14.1 Å². The Morgan fingerprint density at radius 1 is 1.40 bits per heavy atom. The van der Waals surface area contributed by atoms with Gasteiger partial charge in [-0.2, -0.15) is 0 Å². The summed E-state index contributed by atoms with van der Waals surface area (Å²) in [6, 6.07) is 0. The first-order valence-electron chi connectivity index (χ1n) is 8.18. The zero-order valence-corrected chi connectivity index (χ0v) is 15.5. The predicted molar refractivity (Wildman–Crippen MR) is 96.0 cm³/mol. The second-order valence-corrected chi connectivity index (χ2v) is 6.72. The van der Waals surface area contributed by atoms with E-state index < -0.39 is 0 Å². The third kappa shape index (κ3) is 4.02. The SMILES string of the molecule is CN(CC1CN(Cc2ncc(Cl)n2C)CCO1)c1nccn(C)c1=O. The molecule has 25 heavy (non-hydrogen) atoms. The molecule has 1 fully saturated rings. The van der Waals surface area contributed by atoms with Crippen molar-refractivity contribution in [3.63, 3.8) is 0 Å². The highest BCUT2D eigenvalue weighted by atomic mass is 35.5. The van der Waals surface area contributed by atoms with Crippen LogP contribution in [0.2, 0.25) is 5.15 Å². The van der Waals surface area contributed by atoms with Crippen LogP contribution in [0, 0.1) is 0 Å². The lowest BCUT2D eigenvalue weighted by Gasteiger charge is -2.34. The van der Waals surface area contributed by atoms with Crippen LogP contribution in [-0.4, -0.2) is 63.4 Å². The maximum Gasteiger partial charge on any atom is 0.293 e. The summed E-state index contributed by atoms with van der Waals surface area (Å²) < 4.78 is 9.28. The van der Waals surface area contributed by atoms with Gasteiger partial charge in [-0.3, -0.25) is 9.69 Å². The van der Waals surface area contributed by atoms with Crippen molar-refractivity contribution in [1.82, 2.24) is 24.0 Å². The number of hydrogen-bond acceptors (Lipinski definition) is 6. The molecule has 3 heterocycles. The number of aromatic nitrogens is 4. The summed E-state index contributed by atoms with van der Waals surface area (Å²) in [5.74, 6) is 1.36. The molecule has 0 aliphatic carbocycles. The summed E-state index contributed by atoms with van der Waals surface area (Å²) in [5, 5.41) is 0.630. The molecular weight excluding hydrogens is 344 g/mol. The quantitative estimate of drug-likeness (QED) is 0.767. The largest absolute Gasteiger partial charge is 0.374 e. The molecule has 0 saturated carbocycles. The van der Waals surface area contributed by atoms with E-state index in [4.69, 9.17) is 16.3 Å². The van der Waals surface area contributed by atoms with Gasteiger partial charge in [-0.1, -0.05) is 11.6 Å². The molecule has 1 aliphatic rings. The molecule has 8 nitrogen and oxygen atoms in total. The Morgan fingerprint density at radius 3 is 2.92 bits per heavy atom. The van der Waals surface area contributed by atoms with E-state index in [2.05, 4.69) is 14.9 Å². The molecule has 9 heteroatoms. The van der Waals surface area contributed by atoms with Crippen molar-refractivity contribution >= 4 is 17.4 Å². The van der Waals surface area contributed by atoms with E-state index in [0.29, 0.717) is 24.1 Å². The van der Waals surface area contributed by atoms with Gasteiger partial charge < -0.3 is 18.8 Å². The van der Waals surface area contributed by atoms with Crippen LogP contribution in [0.1, 0.15) is 5.82 Å². The Hall–Kier alpha value is -1.90. The maximum atomic E-state index is 12.2. The van der Waals surface area contributed by atoms with E-state index in [1.807, 2.05) is 23.6 Å². The van der Waals surface area contributed by atoms with Gasteiger partial charge in [-0.25, -0.2) is 9.97 Å². The molecule has 1 atom stereocenters. The lowest BCUT2D eigenvalue weighted by atomic mass is 10.2. The van der Waals surface area contributed by atoms with Crippen LogP contribution in [0.3, 0.4) is 0 Å². The van der Waals surface area contributed by atoms with Crippen LogP contribution in [0.4, 0.5) is 5.82 Å². The van der Waals surface area contributed by atoms with Crippen molar-refractivity contribution < 1.29 is 4.74 Å². The zero-order valence-electron chi connectivity index (χ0n) is 14.7. The van der Waals surface area contributed by atoms with Crippen molar-refractivity contribution in [3.05, 3.63) is 39.9 Å². The third-order valence-corrected chi connectivity index (χ3v) is 4.80. The maximum absolute atomic E-state index is 12.2. The Balaban J connectivity index is 1.62. The summed E-state index contributed by atoms with van der Waals surface area (Å²) in [5.41, 5.74) is -0.111. The number of anilines is 1. The van der Waals surface area contributed by atoms with E-state index in [1.54, 1.807) is 25.6 Å². The molecule has 0 amide bonds. The Kier molecular flexibility index (Phi) is 5.41. The van der Waals surface area contributed by atoms with Crippen LogP contribution in [0.5, 0.6) is 0 Å². The van der Waals surface area contributed by atoms with E-state index in [0.717, 1.165) is 25.5 Å². The second-order valence-electron chi connectivity index (χ2n) is 6.33. The van der Waals surface area contributed by atoms with Crippen molar-refractivity contribution in [1.29, 1.82) is 0 Å². The molecule has 0 spiro atoms. The lowest BCUT2D eigenvalue weighted by Crippen LogP contribution is -2.47. The highest BCUT2D eigenvalue weighted by Crippen LogP contribution is 2.14. The molecule has 2 aromatic rings. The summed E-state index contributed by atoms with van der Waals surface area (Å²) in [6.45, 7) is 3.58. The summed E-state index contributed by atoms with van der Waals surface area (Å²) >= 11 is 6.05. The van der Waals surface area contributed by atoms with Gasteiger partial charge in [-0.15, -0.1) is 0 Å². The van der Waals surface area contributed by atoms with E-state index >= 15 is 0 Å². The average Bonchev–Trinajstić information content (AvgIpc) is 2.89. The number of morpholine rings is 1. The van der Waals surface area contributed by atoms with Gasteiger partial charge >= 0.3 is 0 Å². The van der Waals surface area contributed by atoms with Gasteiger partial charge in [-0.05, 0) is 0 Å². The van der Waals surface area contributed by atoms with Crippen LogP contribution < -0.4 is 10.5 Å². The fraction of sp³-hybridized carbons (Fsp3) is 0.562. The first-order chi connectivity index (χ1) is 12.0. The number of likely N-dealkylation sites (N-methyl/N-ethyl adjacent to an activating group) is 1. The third-order valence-electron chi connectivity index (χ3n) is 4.45. The minimum atomic E-state index is -0.111. The predicted octanol–water partition coefficient (Wildman–Crippen LogP) is 0.504. The molecule has 0 N–H and O–H groups in total. The van der Waals surface area contributed by atoms with E-state index in [-0.39, 0.29) is 11.7 Å². The van der Waals surface area contributed by atoms with Crippen LogP contribution in [-0.2, 0) is 25.4 Å². The normalized spacial score (nSPS) is 18.5. The standard InChI is InChI=1S/C16H23ClN6O2/c1-20-5-4-18-15(16(20)24)21(2)9-12-10-23(6-7-25-12)11-14-19-8-13(17)22(14)3/h4-5,8,12H,6-7,9-11H2,1-3H3. The molecule has 136 valence electrons. The molecular formula is C16H23ClN6O2. The molecule has 0 radical (unpaired) electrons. The fourth-order valence-corrected chi connectivity index (χ4v) is 3.09. The molecule has 3 rings (SSSR count). The van der Waals surface area contributed by atoms with E-state index in [1.165, 1.54) is 4.57 Å². The smallest absolute Gasteiger partial charge is 0.293 e. The summed E-state index contributed by atoms with van der Waals surface area (Å²) in [7, 11) is 5.50. The van der Waals surface area contributed by atoms with Crippen molar-refractivity contribution in [2.75, 3.05) is 38.2 Å². The first kappa shape index (κ1) is 17.9. The number of rotatable bonds is 5. The molecule has 0 bridgehead atoms. The molecule has 1 aliphatic heterocycles. The minimum Gasteiger partial charge on any atom is -0.374 e. The number of ether oxygens (including phenoxy) is 1. The Labute approximate surface area is 151 Å². The summed E-state index contributed by atoms with van der Waals surface area (Å²) in [4.78, 5) is 24.9. The Bertz CT molecular complexity index is 789. The number of hydrogen-bond donors (Lipinski definition) is 0. The highest BCUT2D eigenvalue weighted by molar-refractivity contribution is 6.29. The first-order valence-corrected chi connectivity index (χ1v) is 8.56. The lowest BCUT2D eigenvalue weighted by molar-refractivity contribution is -0.0274. The number of aryl methyl sites for hydroxylation is 1. The van der Waals surface area contributed by atoms with Crippen molar-refractivity contribution in [2.45, 2.75) is 12.6 Å². The topological polar surface area (TPSA) is 68.4 Å². The van der Waals surface area contributed by atoms with Gasteiger partial charge in [0.15, 0.2) is 5.82 Å². The number of halogens is 1. The molecule has 1 unspecified atom stereocenters. The van der Waals surface area contributed by atoms with Gasteiger partial charge in [0.25, 0.3) is 5.56 Å². The number of nitrogens with zero attached hydrogens (tertiary/aromatic N) is 6. The number of imidazole rings is 1. The van der Waals surface area contributed by atoms with Crippen LogP contribution in [0.15, 0.2) is 23.4 Å². The zero-order chi connectivity index (χ0) is 18.0. The molecule has 1 saturated heterocycles. The second kappa shape index (κ2) is 7.55. The molecule has 0 aromatic carbocycles. The van der Waals surface area contributed by atoms with E-state index in [9.17, 15) is 4.79 Å². The summed E-state index contributed by atoms with van der Waals surface area (Å²) in [6.07, 6.45) is 4.95. The van der Waals surface area contributed by atoms with Gasteiger partial charge in [0.2, 0.25) is 0 Å². The monoisotopic (exact) mass is 366 g/mol. The van der Waals surface area contributed by atoms with Gasteiger partial charge in [0.05, 0.1) is 25.5 Å². The Morgan fingerprint density at radius 2 is 2.20 bits per heavy atom. The fourth-order valence-electron chi connectivity index (χ4n) is 2.94. The van der Waals surface area contributed by atoms with Crippen LogP contribution in [0.25, 0.3) is 0 Å². The van der Waals surface area contributed by atoms with Crippen LogP contribution >= 0.6 is 11.6 Å². The highest BCUT2D eigenvalue weighted by Gasteiger charge is 2.24. The van der Waals surface area contributed by atoms with Gasteiger partial charge in [0.1, 0.15) is 11.0 Å². The van der Waals surface area contributed by atoms with Gasteiger partial charge in [0, 0.05) is 53.2 Å². The molecule has 2 aromatic heterocycles. The minimum absolute atomic E-state index is 0.00111. The average molecular weight is 367 g/mol. The van der Waals surface area contributed by atoms with Crippen molar-refractivity contribution in [3.8, 4) is 0 Å².